The molecule has 4 heterocycles. The molecule has 134 valence electrons. The first-order chi connectivity index (χ1) is 12.8. The molecule has 0 bridgehead atoms. The number of rotatable bonds is 7. The quantitative estimate of drug-likeness (QED) is 0.534. The van der Waals surface area contributed by atoms with E-state index in [1.165, 1.54) is 0 Å². The highest BCUT2D eigenvalue weighted by Gasteiger charge is 2.17. The van der Waals surface area contributed by atoms with Crippen molar-refractivity contribution >= 4 is 22.8 Å². The van der Waals surface area contributed by atoms with Crippen molar-refractivity contribution in [3.63, 3.8) is 0 Å². The van der Waals surface area contributed by atoms with Crippen LogP contribution in [0.4, 0.5) is 5.82 Å². The molecule has 0 aromatic carbocycles. The minimum Gasteiger partial charge on any atom is -0.464 e. The minimum absolute atomic E-state index is 0.133. The fourth-order valence-electron chi connectivity index (χ4n) is 2.75. The van der Waals surface area contributed by atoms with E-state index in [2.05, 4.69) is 27.5 Å². The van der Waals surface area contributed by atoms with Crippen LogP contribution >= 0.6 is 11.3 Å². The zero-order chi connectivity index (χ0) is 17.9. The molecule has 0 saturated carbocycles. The summed E-state index contributed by atoms with van der Waals surface area (Å²) in [5, 5.41) is 20.5. The molecule has 0 spiro atoms. The molecule has 4 aromatic rings. The highest BCUT2D eigenvalue weighted by atomic mass is 32.1. The SMILES string of the molecule is CCc1ccc(C(COC)Nc2ccc3nnc(-c4ccsc4)n3n2)o1. The first-order valence-electron chi connectivity index (χ1n) is 8.37. The number of hydrogen-bond acceptors (Lipinski definition) is 7. The molecule has 0 aliphatic carbocycles. The summed E-state index contributed by atoms with van der Waals surface area (Å²) in [5.41, 5.74) is 1.70. The second kappa shape index (κ2) is 7.27. The second-order valence-corrected chi connectivity index (χ2v) is 6.61. The van der Waals surface area contributed by atoms with Gasteiger partial charge in [-0.1, -0.05) is 6.92 Å². The van der Waals surface area contributed by atoms with Crippen molar-refractivity contribution < 1.29 is 9.15 Å². The maximum absolute atomic E-state index is 5.87. The number of nitrogens with one attached hydrogen (secondary N) is 1. The summed E-state index contributed by atoms with van der Waals surface area (Å²) in [6.45, 7) is 2.53. The van der Waals surface area contributed by atoms with Gasteiger partial charge in [-0.15, -0.1) is 15.3 Å². The van der Waals surface area contributed by atoms with Crippen LogP contribution in [0.15, 0.2) is 45.5 Å². The van der Waals surface area contributed by atoms with Gasteiger partial charge in [-0.05, 0) is 35.7 Å². The third-order valence-electron chi connectivity index (χ3n) is 4.07. The smallest absolute Gasteiger partial charge is 0.186 e. The van der Waals surface area contributed by atoms with E-state index >= 15 is 0 Å². The zero-order valence-corrected chi connectivity index (χ0v) is 15.4. The maximum Gasteiger partial charge on any atom is 0.186 e. The number of fused-ring (bicyclic) bond motifs is 1. The van der Waals surface area contributed by atoms with Crippen molar-refractivity contribution in [1.82, 2.24) is 19.8 Å². The second-order valence-electron chi connectivity index (χ2n) is 5.83. The third kappa shape index (κ3) is 3.21. The first-order valence-corrected chi connectivity index (χ1v) is 9.32. The molecule has 0 aliphatic rings. The fourth-order valence-corrected chi connectivity index (χ4v) is 3.38. The third-order valence-corrected chi connectivity index (χ3v) is 4.76. The Hall–Kier alpha value is -2.71. The molecule has 0 radical (unpaired) electrons. The highest BCUT2D eigenvalue weighted by Crippen LogP contribution is 2.24. The predicted octanol–water partition coefficient (Wildman–Crippen LogP) is 3.81. The van der Waals surface area contributed by atoms with Crippen molar-refractivity contribution in [2.75, 3.05) is 19.0 Å². The normalized spacial score (nSPS) is 12.5. The van der Waals surface area contributed by atoms with Crippen LogP contribution in [0, 0.1) is 0 Å². The van der Waals surface area contributed by atoms with Crippen LogP contribution in [-0.4, -0.2) is 33.5 Å². The molecule has 1 atom stereocenters. The first kappa shape index (κ1) is 16.7. The number of methoxy groups -OCH3 is 1. The van der Waals surface area contributed by atoms with Crippen molar-refractivity contribution in [2.45, 2.75) is 19.4 Å². The Labute approximate surface area is 154 Å². The number of anilines is 1. The van der Waals surface area contributed by atoms with Crippen LogP contribution in [0.2, 0.25) is 0 Å². The van der Waals surface area contributed by atoms with Gasteiger partial charge in [-0.3, -0.25) is 0 Å². The molecule has 7 nitrogen and oxygen atoms in total. The monoisotopic (exact) mass is 369 g/mol. The van der Waals surface area contributed by atoms with Crippen molar-refractivity contribution in [3.05, 3.63) is 52.6 Å². The number of aromatic nitrogens is 4. The van der Waals surface area contributed by atoms with E-state index in [4.69, 9.17) is 9.15 Å². The van der Waals surface area contributed by atoms with Crippen LogP contribution < -0.4 is 5.32 Å². The number of ether oxygens (including phenoxy) is 1. The molecular weight excluding hydrogens is 350 g/mol. The number of hydrogen-bond donors (Lipinski definition) is 1. The van der Waals surface area contributed by atoms with Crippen molar-refractivity contribution in [2.24, 2.45) is 0 Å². The summed E-state index contributed by atoms with van der Waals surface area (Å²) in [6, 6.07) is 9.61. The molecule has 0 amide bonds. The van der Waals surface area contributed by atoms with Crippen LogP contribution in [0.1, 0.15) is 24.5 Å². The van der Waals surface area contributed by atoms with Crippen LogP contribution in [0.3, 0.4) is 0 Å². The molecule has 0 fully saturated rings. The molecule has 1 N–H and O–H groups in total. The molecule has 26 heavy (non-hydrogen) atoms. The standard InChI is InChI=1S/C18H19N5O2S/c1-3-13-4-5-15(25-13)14(10-24-2)19-16-6-7-17-20-21-18(23(17)22-16)12-8-9-26-11-12/h4-9,11,14H,3,10H2,1-2H3,(H,19,22). The lowest BCUT2D eigenvalue weighted by atomic mass is 10.2. The number of thiophene rings is 1. The van der Waals surface area contributed by atoms with Gasteiger partial charge in [0.25, 0.3) is 0 Å². The van der Waals surface area contributed by atoms with E-state index in [1.807, 2.05) is 41.1 Å². The molecule has 4 rings (SSSR count). The van der Waals surface area contributed by atoms with Gasteiger partial charge in [-0.25, -0.2) is 0 Å². The Kier molecular flexibility index (Phi) is 4.68. The van der Waals surface area contributed by atoms with Gasteiger partial charge in [0.2, 0.25) is 0 Å². The molecule has 0 saturated heterocycles. The number of aryl methyl sites for hydroxylation is 1. The van der Waals surface area contributed by atoms with E-state index in [-0.39, 0.29) is 6.04 Å². The summed E-state index contributed by atoms with van der Waals surface area (Å²) in [7, 11) is 1.67. The van der Waals surface area contributed by atoms with E-state index in [9.17, 15) is 0 Å². The summed E-state index contributed by atoms with van der Waals surface area (Å²) in [4.78, 5) is 0. The van der Waals surface area contributed by atoms with Gasteiger partial charge < -0.3 is 14.5 Å². The van der Waals surface area contributed by atoms with Gasteiger partial charge >= 0.3 is 0 Å². The van der Waals surface area contributed by atoms with E-state index in [0.29, 0.717) is 18.1 Å². The predicted molar refractivity (Wildman–Crippen MR) is 100 cm³/mol. The maximum atomic E-state index is 5.87. The van der Waals surface area contributed by atoms with Crippen molar-refractivity contribution in [3.8, 4) is 11.4 Å². The average Bonchev–Trinajstić information content (AvgIpc) is 3.40. The van der Waals surface area contributed by atoms with Gasteiger partial charge in [-0.2, -0.15) is 15.9 Å². The van der Waals surface area contributed by atoms with Gasteiger partial charge in [0.15, 0.2) is 11.5 Å². The lowest BCUT2D eigenvalue weighted by Crippen LogP contribution is -2.17. The summed E-state index contributed by atoms with van der Waals surface area (Å²) < 4.78 is 13.0. The largest absolute Gasteiger partial charge is 0.464 e. The lowest BCUT2D eigenvalue weighted by molar-refractivity contribution is 0.178. The molecule has 0 aliphatic heterocycles. The number of nitrogens with zero attached hydrogens (tertiary/aromatic N) is 4. The van der Waals surface area contributed by atoms with Crippen LogP contribution in [0.5, 0.6) is 0 Å². The Bertz CT molecular complexity index is 992. The lowest BCUT2D eigenvalue weighted by Gasteiger charge is -2.16. The average molecular weight is 369 g/mol. The van der Waals surface area contributed by atoms with Gasteiger partial charge in [0.05, 0.1) is 6.61 Å². The molecular formula is C18H19N5O2S. The molecule has 8 heteroatoms. The van der Waals surface area contributed by atoms with Crippen LogP contribution in [-0.2, 0) is 11.2 Å². The fraction of sp³-hybridized carbons (Fsp3) is 0.278. The highest BCUT2D eigenvalue weighted by molar-refractivity contribution is 7.08. The van der Waals surface area contributed by atoms with Gasteiger partial charge in [0, 0.05) is 24.5 Å². The van der Waals surface area contributed by atoms with Crippen molar-refractivity contribution in [1.29, 1.82) is 0 Å². The summed E-state index contributed by atoms with van der Waals surface area (Å²) in [6.07, 6.45) is 0.856. The Morgan fingerprint density at radius 1 is 1.23 bits per heavy atom. The Morgan fingerprint density at radius 2 is 2.15 bits per heavy atom. The molecule has 4 aromatic heterocycles. The van der Waals surface area contributed by atoms with E-state index in [0.717, 1.165) is 29.3 Å². The number of furan rings is 1. The Morgan fingerprint density at radius 3 is 2.88 bits per heavy atom. The summed E-state index contributed by atoms with van der Waals surface area (Å²) >= 11 is 1.62. The zero-order valence-electron chi connectivity index (χ0n) is 14.5. The Balaban J connectivity index is 1.65. The van der Waals surface area contributed by atoms with Gasteiger partial charge in [0.1, 0.15) is 23.4 Å². The van der Waals surface area contributed by atoms with Crippen LogP contribution in [0.25, 0.3) is 17.0 Å². The summed E-state index contributed by atoms with van der Waals surface area (Å²) in [5.74, 6) is 3.20. The minimum atomic E-state index is -0.133. The topological polar surface area (TPSA) is 77.5 Å². The van der Waals surface area contributed by atoms with E-state index < -0.39 is 0 Å². The molecule has 1 unspecified atom stereocenters. The van der Waals surface area contributed by atoms with E-state index in [1.54, 1.807) is 23.0 Å².